The summed E-state index contributed by atoms with van der Waals surface area (Å²) in [5.41, 5.74) is 0.674. The lowest BCUT2D eigenvalue weighted by Crippen LogP contribution is -2.18. The van der Waals surface area contributed by atoms with Crippen LogP contribution in [0.3, 0.4) is 0 Å². The van der Waals surface area contributed by atoms with Crippen molar-refractivity contribution in [1.29, 1.82) is 0 Å². The minimum atomic E-state index is -0.200. The summed E-state index contributed by atoms with van der Waals surface area (Å²) >= 11 is 1.44. The van der Waals surface area contributed by atoms with Gasteiger partial charge in [-0.2, -0.15) is 0 Å². The topological polar surface area (TPSA) is 66.2 Å². The second-order valence-electron chi connectivity index (χ2n) is 4.91. The van der Waals surface area contributed by atoms with Crippen molar-refractivity contribution in [3.63, 3.8) is 0 Å². The summed E-state index contributed by atoms with van der Waals surface area (Å²) in [6.45, 7) is 3.24. The Kier molecular flexibility index (Phi) is 6.61. The molecule has 124 valence electrons. The van der Waals surface area contributed by atoms with Crippen LogP contribution in [0.2, 0.25) is 0 Å². The Hall–Kier alpha value is -1.86. The van der Waals surface area contributed by atoms with Gasteiger partial charge in [0.25, 0.3) is 0 Å². The normalized spacial score (nSPS) is 12.1. The van der Waals surface area contributed by atoms with Crippen molar-refractivity contribution in [3.05, 3.63) is 36.2 Å². The Morgan fingerprint density at radius 3 is 2.65 bits per heavy atom. The predicted octanol–water partition coefficient (Wildman–Crippen LogP) is 2.69. The molecule has 0 saturated heterocycles. The fourth-order valence-electron chi connectivity index (χ4n) is 2.07. The van der Waals surface area contributed by atoms with E-state index in [1.807, 2.05) is 11.5 Å². The third-order valence-corrected chi connectivity index (χ3v) is 4.76. The predicted molar refractivity (Wildman–Crippen MR) is 89.2 cm³/mol. The number of carbonyl (C=O) groups is 1. The molecule has 23 heavy (non-hydrogen) atoms. The molecule has 0 aliphatic heterocycles. The first kappa shape index (κ1) is 17.5. The molecule has 0 amide bonds. The van der Waals surface area contributed by atoms with Crippen molar-refractivity contribution >= 4 is 17.5 Å². The Morgan fingerprint density at radius 2 is 2.04 bits per heavy atom. The Balaban J connectivity index is 2.09. The third kappa shape index (κ3) is 4.56. The molecule has 0 aliphatic carbocycles. The fourth-order valence-corrected chi connectivity index (χ4v) is 3.10. The number of ether oxygens (including phenoxy) is 2. The van der Waals surface area contributed by atoms with Crippen LogP contribution < -0.4 is 4.74 Å². The van der Waals surface area contributed by atoms with Crippen LogP contribution in [0.1, 0.15) is 23.7 Å². The Bertz CT molecular complexity index is 628. The SMILES string of the molecule is CCC(Sc1nncn1CCOC)C(=O)c1ccc(OC)cc1. The molecule has 0 aliphatic rings. The first-order valence-corrected chi connectivity index (χ1v) is 8.29. The average molecular weight is 335 g/mol. The van der Waals surface area contributed by atoms with Gasteiger partial charge in [-0.25, -0.2) is 0 Å². The zero-order valence-corrected chi connectivity index (χ0v) is 14.4. The van der Waals surface area contributed by atoms with E-state index in [1.54, 1.807) is 44.8 Å². The van der Waals surface area contributed by atoms with Crippen molar-refractivity contribution in [3.8, 4) is 5.75 Å². The maximum Gasteiger partial charge on any atom is 0.191 e. The number of hydrogen-bond acceptors (Lipinski definition) is 6. The Labute approximate surface area is 140 Å². The van der Waals surface area contributed by atoms with Gasteiger partial charge in [0, 0.05) is 19.2 Å². The van der Waals surface area contributed by atoms with Crippen molar-refractivity contribution in [2.75, 3.05) is 20.8 Å². The van der Waals surface area contributed by atoms with E-state index in [1.165, 1.54) is 11.8 Å². The molecular weight excluding hydrogens is 314 g/mol. The lowest BCUT2D eigenvalue weighted by molar-refractivity contribution is 0.0988. The summed E-state index contributed by atoms with van der Waals surface area (Å²) < 4.78 is 12.1. The molecule has 1 heterocycles. The van der Waals surface area contributed by atoms with Gasteiger partial charge in [0.05, 0.1) is 19.0 Å². The maximum atomic E-state index is 12.7. The first-order chi connectivity index (χ1) is 11.2. The number of benzene rings is 1. The summed E-state index contributed by atoms with van der Waals surface area (Å²) in [5.74, 6) is 0.822. The zero-order chi connectivity index (χ0) is 16.7. The van der Waals surface area contributed by atoms with Crippen LogP contribution in [-0.4, -0.2) is 46.6 Å². The molecule has 7 heteroatoms. The molecule has 0 fully saturated rings. The number of hydrogen-bond donors (Lipinski definition) is 0. The van der Waals surface area contributed by atoms with Gasteiger partial charge in [0.15, 0.2) is 10.9 Å². The molecule has 0 saturated carbocycles. The maximum absolute atomic E-state index is 12.7. The van der Waals surface area contributed by atoms with Gasteiger partial charge in [-0.3, -0.25) is 4.79 Å². The van der Waals surface area contributed by atoms with Gasteiger partial charge in [0.1, 0.15) is 12.1 Å². The summed E-state index contributed by atoms with van der Waals surface area (Å²) in [6, 6.07) is 7.18. The van der Waals surface area contributed by atoms with Crippen LogP contribution in [0, 0.1) is 0 Å². The minimum absolute atomic E-state index is 0.0847. The number of thioether (sulfide) groups is 1. The molecule has 2 aromatic rings. The van der Waals surface area contributed by atoms with E-state index >= 15 is 0 Å². The average Bonchev–Trinajstić information content (AvgIpc) is 3.04. The quantitative estimate of drug-likeness (QED) is 0.518. The standard InChI is InChI=1S/C16H21N3O3S/c1-4-14(15(20)12-5-7-13(22-3)8-6-12)23-16-18-17-11-19(16)9-10-21-2/h5-8,11,14H,4,9-10H2,1-3H3. The summed E-state index contributed by atoms with van der Waals surface area (Å²) in [4.78, 5) is 12.7. The van der Waals surface area contributed by atoms with Crippen LogP contribution in [0.4, 0.5) is 0 Å². The molecule has 0 N–H and O–H groups in total. The van der Waals surface area contributed by atoms with Crippen LogP contribution in [0.15, 0.2) is 35.7 Å². The van der Waals surface area contributed by atoms with Gasteiger partial charge in [-0.15, -0.1) is 10.2 Å². The van der Waals surface area contributed by atoms with Crippen molar-refractivity contribution < 1.29 is 14.3 Å². The molecule has 0 radical (unpaired) electrons. The second-order valence-corrected chi connectivity index (χ2v) is 6.08. The second kappa shape index (κ2) is 8.69. The van der Waals surface area contributed by atoms with Crippen molar-refractivity contribution in [1.82, 2.24) is 14.8 Å². The van der Waals surface area contributed by atoms with E-state index in [2.05, 4.69) is 10.2 Å². The highest BCUT2D eigenvalue weighted by molar-refractivity contribution is 8.00. The summed E-state index contributed by atoms with van der Waals surface area (Å²) in [5, 5.41) is 8.57. The molecule has 0 bridgehead atoms. The molecule has 0 spiro atoms. The largest absolute Gasteiger partial charge is 0.497 e. The van der Waals surface area contributed by atoms with Crippen molar-refractivity contribution in [2.24, 2.45) is 0 Å². The van der Waals surface area contributed by atoms with E-state index < -0.39 is 0 Å². The van der Waals surface area contributed by atoms with E-state index in [0.29, 0.717) is 25.1 Å². The molecule has 1 atom stereocenters. The number of carbonyl (C=O) groups excluding carboxylic acids is 1. The van der Waals surface area contributed by atoms with E-state index in [9.17, 15) is 4.79 Å². The van der Waals surface area contributed by atoms with Gasteiger partial charge < -0.3 is 14.0 Å². The number of rotatable bonds is 9. The van der Waals surface area contributed by atoms with E-state index in [-0.39, 0.29) is 11.0 Å². The number of aromatic nitrogens is 3. The monoisotopic (exact) mass is 335 g/mol. The lowest BCUT2D eigenvalue weighted by atomic mass is 10.1. The highest BCUT2D eigenvalue weighted by Crippen LogP contribution is 2.27. The number of ketones is 1. The van der Waals surface area contributed by atoms with Crippen molar-refractivity contribution in [2.45, 2.75) is 30.3 Å². The number of nitrogens with zero attached hydrogens (tertiary/aromatic N) is 3. The molecule has 1 aromatic carbocycles. The van der Waals surface area contributed by atoms with Gasteiger partial charge >= 0.3 is 0 Å². The Morgan fingerprint density at radius 1 is 1.30 bits per heavy atom. The zero-order valence-electron chi connectivity index (χ0n) is 13.6. The van der Waals surface area contributed by atoms with Gasteiger partial charge in [0.2, 0.25) is 0 Å². The molecule has 2 rings (SSSR count). The lowest BCUT2D eigenvalue weighted by Gasteiger charge is -2.14. The van der Waals surface area contributed by atoms with Crippen LogP contribution >= 0.6 is 11.8 Å². The van der Waals surface area contributed by atoms with E-state index in [0.717, 1.165) is 10.9 Å². The molecule has 1 aromatic heterocycles. The summed E-state index contributed by atoms with van der Waals surface area (Å²) in [6.07, 6.45) is 2.37. The van der Waals surface area contributed by atoms with Gasteiger partial charge in [-0.1, -0.05) is 18.7 Å². The van der Waals surface area contributed by atoms with Crippen LogP contribution in [-0.2, 0) is 11.3 Å². The first-order valence-electron chi connectivity index (χ1n) is 7.41. The number of Topliss-reactive ketones (excluding diaryl/α,β-unsaturated/α-hetero) is 1. The van der Waals surface area contributed by atoms with Crippen LogP contribution in [0.5, 0.6) is 5.75 Å². The fraction of sp³-hybridized carbons (Fsp3) is 0.438. The molecule has 6 nitrogen and oxygen atoms in total. The van der Waals surface area contributed by atoms with E-state index in [4.69, 9.17) is 9.47 Å². The highest BCUT2D eigenvalue weighted by atomic mass is 32.2. The number of methoxy groups -OCH3 is 2. The molecule has 1 unspecified atom stereocenters. The third-order valence-electron chi connectivity index (χ3n) is 3.40. The minimum Gasteiger partial charge on any atom is -0.497 e. The smallest absolute Gasteiger partial charge is 0.191 e. The van der Waals surface area contributed by atoms with Gasteiger partial charge in [-0.05, 0) is 30.7 Å². The molecular formula is C16H21N3O3S. The summed E-state index contributed by atoms with van der Waals surface area (Å²) in [7, 11) is 3.26. The van der Waals surface area contributed by atoms with Crippen LogP contribution in [0.25, 0.3) is 0 Å². The highest BCUT2D eigenvalue weighted by Gasteiger charge is 2.22.